The third-order valence-electron chi connectivity index (χ3n) is 4.41. The number of fused-ring (bicyclic) bond motifs is 1. The molecule has 1 aliphatic rings. The predicted molar refractivity (Wildman–Crippen MR) is 94.7 cm³/mol. The van der Waals surface area contributed by atoms with Gasteiger partial charge in [-0.3, -0.25) is 4.98 Å². The summed E-state index contributed by atoms with van der Waals surface area (Å²) in [5, 5.41) is 2.49. The fraction of sp³-hybridized carbons (Fsp3) is 0.389. The Morgan fingerprint density at radius 1 is 1.36 bits per heavy atom. The van der Waals surface area contributed by atoms with E-state index in [1.807, 2.05) is 30.4 Å². The molecule has 0 spiro atoms. The zero-order valence-electron chi connectivity index (χ0n) is 12.8. The Morgan fingerprint density at radius 2 is 2.18 bits per heavy atom. The molecule has 1 saturated heterocycles. The molecule has 2 aromatic rings. The second-order valence-corrected chi connectivity index (χ2v) is 7.04. The monoisotopic (exact) mass is 313 g/mol. The summed E-state index contributed by atoms with van der Waals surface area (Å²) in [6, 6.07) is 8.80. The lowest BCUT2D eigenvalue weighted by molar-refractivity contribution is 0.257. The first kappa shape index (κ1) is 15.5. The highest BCUT2D eigenvalue weighted by Crippen LogP contribution is 2.33. The van der Waals surface area contributed by atoms with Crippen molar-refractivity contribution in [1.29, 1.82) is 0 Å². The average molecular weight is 313 g/mol. The molecule has 22 heavy (non-hydrogen) atoms. The first-order valence-electron chi connectivity index (χ1n) is 7.90. The molecule has 2 heterocycles. The molecule has 4 heteroatoms. The standard InChI is InChI=1S/C18H23N3S/c1-2-4-17(19)14-8-11-21(12-9-14)22-18-6-3-5-15-13-20-10-7-16(15)18/h2-3,5-7,10,13-14,17H,1,4,8-9,11-12,19H2. The molecule has 1 aromatic heterocycles. The molecule has 116 valence electrons. The van der Waals surface area contributed by atoms with Gasteiger partial charge in [-0.1, -0.05) is 18.2 Å². The number of pyridine rings is 1. The fourth-order valence-corrected chi connectivity index (χ4v) is 4.19. The van der Waals surface area contributed by atoms with E-state index in [0.717, 1.165) is 19.5 Å². The maximum absolute atomic E-state index is 6.23. The number of aromatic nitrogens is 1. The molecule has 0 bridgehead atoms. The van der Waals surface area contributed by atoms with Gasteiger partial charge >= 0.3 is 0 Å². The Hall–Kier alpha value is -1.36. The third-order valence-corrected chi connectivity index (χ3v) is 5.59. The molecule has 0 saturated carbocycles. The summed E-state index contributed by atoms with van der Waals surface area (Å²) in [4.78, 5) is 5.52. The van der Waals surface area contributed by atoms with Gasteiger partial charge in [0.1, 0.15) is 0 Å². The van der Waals surface area contributed by atoms with E-state index in [2.05, 4.69) is 40.1 Å². The molecule has 3 rings (SSSR count). The lowest BCUT2D eigenvalue weighted by Gasteiger charge is -2.33. The van der Waals surface area contributed by atoms with Crippen LogP contribution in [0.25, 0.3) is 10.8 Å². The van der Waals surface area contributed by atoms with E-state index in [9.17, 15) is 0 Å². The van der Waals surface area contributed by atoms with Crippen LogP contribution < -0.4 is 5.73 Å². The number of hydrogen-bond acceptors (Lipinski definition) is 4. The maximum atomic E-state index is 6.23. The van der Waals surface area contributed by atoms with Crippen molar-refractivity contribution in [3.8, 4) is 0 Å². The zero-order valence-corrected chi connectivity index (χ0v) is 13.6. The van der Waals surface area contributed by atoms with Crippen LogP contribution >= 0.6 is 11.9 Å². The first-order chi connectivity index (χ1) is 10.8. The van der Waals surface area contributed by atoms with E-state index in [4.69, 9.17) is 5.73 Å². The van der Waals surface area contributed by atoms with Crippen LogP contribution in [0.15, 0.2) is 54.2 Å². The highest BCUT2D eigenvalue weighted by atomic mass is 32.2. The predicted octanol–water partition coefficient (Wildman–Crippen LogP) is 3.86. The van der Waals surface area contributed by atoms with Crippen LogP contribution in [0.5, 0.6) is 0 Å². The van der Waals surface area contributed by atoms with Crippen molar-refractivity contribution in [2.45, 2.75) is 30.2 Å². The van der Waals surface area contributed by atoms with Crippen LogP contribution in [0, 0.1) is 5.92 Å². The summed E-state index contributed by atoms with van der Waals surface area (Å²) >= 11 is 1.87. The zero-order chi connectivity index (χ0) is 15.4. The molecule has 1 aromatic carbocycles. The van der Waals surface area contributed by atoms with Gasteiger partial charge in [-0.25, -0.2) is 4.31 Å². The number of rotatable bonds is 5. The van der Waals surface area contributed by atoms with E-state index < -0.39 is 0 Å². The van der Waals surface area contributed by atoms with Crippen LogP contribution in [0.1, 0.15) is 19.3 Å². The quantitative estimate of drug-likeness (QED) is 0.672. The molecule has 1 unspecified atom stereocenters. The summed E-state index contributed by atoms with van der Waals surface area (Å²) in [7, 11) is 0. The Kier molecular flexibility index (Phi) is 5.13. The van der Waals surface area contributed by atoms with Gasteiger partial charge in [-0.2, -0.15) is 0 Å². The van der Waals surface area contributed by atoms with Gasteiger partial charge in [0.05, 0.1) is 0 Å². The second-order valence-electron chi connectivity index (χ2n) is 5.90. The van der Waals surface area contributed by atoms with Gasteiger partial charge in [0.15, 0.2) is 0 Å². The fourth-order valence-electron chi connectivity index (χ4n) is 3.09. The molecule has 0 amide bonds. The van der Waals surface area contributed by atoms with Crippen molar-refractivity contribution in [3.63, 3.8) is 0 Å². The number of hydrogen-bond donors (Lipinski definition) is 1. The third kappa shape index (κ3) is 3.51. The highest BCUT2D eigenvalue weighted by molar-refractivity contribution is 7.97. The maximum Gasteiger partial charge on any atom is 0.0346 e. The van der Waals surface area contributed by atoms with Crippen molar-refractivity contribution in [2.75, 3.05) is 13.1 Å². The lowest BCUT2D eigenvalue weighted by Crippen LogP contribution is -2.38. The molecule has 1 fully saturated rings. The Bertz CT molecular complexity index is 630. The summed E-state index contributed by atoms with van der Waals surface area (Å²) in [6.45, 7) is 5.99. The lowest BCUT2D eigenvalue weighted by atomic mass is 9.89. The Balaban J connectivity index is 1.64. The molecule has 3 nitrogen and oxygen atoms in total. The minimum Gasteiger partial charge on any atom is -0.327 e. The van der Waals surface area contributed by atoms with Crippen LogP contribution in [0.2, 0.25) is 0 Å². The first-order valence-corrected chi connectivity index (χ1v) is 8.67. The van der Waals surface area contributed by atoms with Crippen LogP contribution in [0.4, 0.5) is 0 Å². The number of piperidine rings is 1. The molecular weight excluding hydrogens is 290 g/mol. The van der Waals surface area contributed by atoms with Crippen molar-refractivity contribution in [2.24, 2.45) is 11.7 Å². The largest absolute Gasteiger partial charge is 0.327 e. The summed E-state index contributed by atoms with van der Waals surface area (Å²) in [5.41, 5.74) is 6.23. The summed E-state index contributed by atoms with van der Waals surface area (Å²) in [6.07, 6.45) is 9.01. The minimum atomic E-state index is 0.272. The molecule has 2 N–H and O–H groups in total. The van der Waals surface area contributed by atoms with E-state index in [0.29, 0.717) is 5.92 Å². The second kappa shape index (κ2) is 7.27. The Morgan fingerprint density at radius 3 is 2.95 bits per heavy atom. The van der Waals surface area contributed by atoms with Crippen molar-refractivity contribution < 1.29 is 0 Å². The van der Waals surface area contributed by atoms with E-state index in [1.165, 1.54) is 28.5 Å². The normalized spacial score (nSPS) is 18.4. The molecular formula is C18H23N3S. The van der Waals surface area contributed by atoms with Crippen LogP contribution in [-0.4, -0.2) is 28.4 Å². The van der Waals surface area contributed by atoms with Gasteiger partial charge in [-0.05, 0) is 54.6 Å². The smallest absolute Gasteiger partial charge is 0.0346 e. The van der Waals surface area contributed by atoms with Gasteiger partial charge in [0.25, 0.3) is 0 Å². The SMILES string of the molecule is C=CCC(N)C1CCN(Sc2cccc3cnccc23)CC1. The van der Waals surface area contributed by atoms with E-state index in [1.54, 1.807) is 0 Å². The Labute approximate surface area is 136 Å². The van der Waals surface area contributed by atoms with Gasteiger partial charge in [-0.15, -0.1) is 6.58 Å². The van der Waals surface area contributed by atoms with Gasteiger partial charge < -0.3 is 5.73 Å². The number of benzene rings is 1. The van der Waals surface area contributed by atoms with Crippen molar-refractivity contribution in [1.82, 2.24) is 9.29 Å². The molecule has 0 radical (unpaired) electrons. The van der Waals surface area contributed by atoms with Gasteiger partial charge in [0.2, 0.25) is 0 Å². The van der Waals surface area contributed by atoms with Crippen LogP contribution in [0.3, 0.4) is 0 Å². The van der Waals surface area contributed by atoms with Crippen LogP contribution in [-0.2, 0) is 0 Å². The molecule has 0 aliphatic carbocycles. The van der Waals surface area contributed by atoms with E-state index >= 15 is 0 Å². The van der Waals surface area contributed by atoms with Crippen molar-refractivity contribution in [3.05, 3.63) is 49.3 Å². The van der Waals surface area contributed by atoms with E-state index in [-0.39, 0.29) is 6.04 Å². The average Bonchev–Trinajstić information content (AvgIpc) is 2.56. The van der Waals surface area contributed by atoms with Gasteiger partial charge in [0, 0.05) is 41.8 Å². The topological polar surface area (TPSA) is 42.1 Å². The van der Waals surface area contributed by atoms with Crippen molar-refractivity contribution >= 4 is 22.7 Å². The number of nitrogens with zero attached hydrogens (tertiary/aromatic N) is 2. The summed E-state index contributed by atoms with van der Waals surface area (Å²) < 4.78 is 2.46. The molecule has 1 atom stereocenters. The minimum absolute atomic E-state index is 0.272. The summed E-state index contributed by atoms with van der Waals surface area (Å²) in [5.74, 6) is 0.631. The number of nitrogens with two attached hydrogens (primary N) is 1. The molecule has 1 aliphatic heterocycles. The highest BCUT2D eigenvalue weighted by Gasteiger charge is 2.24.